The number of rotatable bonds is 6. The molecule has 0 aliphatic rings. The van der Waals surface area contributed by atoms with Crippen LogP contribution in [0.2, 0.25) is 10.0 Å². The summed E-state index contributed by atoms with van der Waals surface area (Å²) in [4.78, 5) is 16.5. The van der Waals surface area contributed by atoms with Crippen LogP contribution >= 0.6 is 23.2 Å². The Kier molecular flexibility index (Phi) is 7.12. The molecule has 0 saturated carbocycles. The smallest absolute Gasteiger partial charge is 0.336 e. The van der Waals surface area contributed by atoms with Gasteiger partial charge in [0.05, 0.1) is 17.8 Å². The third-order valence-corrected chi connectivity index (χ3v) is 4.48. The van der Waals surface area contributed by atoms with Crippen LogP contribution in [-0.2, 0) is 4.79 Å². The van der Waals surface area contributed by atoms with Gasteiger partial charge in [-0.25, -0.2) is 4.79 Å². The van der Waals surface area contributed by atoms with E-state index in [1.54, 1.807) is 73.0 Å². The molecule has 0 fully saturated rings. The van der Waals surface area contributed by atoms with Crippen molar-refractivity contribution in [2.24, 2.45) is 4.99 Å². The highest BCUT2D eigenvalue weighted by molar-refractivity contribution is 6.32. The van der Waals surface area contributed by atoms with Crippen LogP contribution in [0.5, 0.6) is 17.2 Å². The van der Waals surface area contributed by atoms with E-state index in [0.29, 0.717) is 22.0 Å². The van der Waals surface area contributed by atoms with Crippen molar-refractivity contribution < 1.29 is 19.4 Å². The van der Waals surface area contributed by atoms with E-state index in [2.05, 4.69) is 4.99 Å². The molecule has 7 heteroatoms. The minimum atomic E-state index is -0.601. The predicted molar refractivity (Wildman–Crippen MR) is 119 cm³/mol. The third kappa shape index (κ3) is 5.86. The molecule has 0 saturated heterocycles. The number of carbonyl (C=O) groups is 1. The zero-order chi connectivity index (χ0) is 21.5. The monoisotopic (exact) mass is 441 g/mol. The number of phenolic OH excluding ortho intramolecular Hbond substituents is 1. The van der Waals surface area contributed by atoms with Crippen LogP contribution in [0.3, 0.4) is 0 Å². The molecule has 0 radical (unpaired) electrons. The fourth-order valence-corrected chi connectivity index (χ4v) is 2.86. The van der Waals surface area contributed by atoms with Gasteiger partial charge in [-0.05, 0) is 65.7 Å². The second kappa shape index (κ2) is 9.96. The molecule has 0 aliphatic heterocycles. The van der Waals surface area contributed by atoms with Crippen molar-refractivity contribution in [1.29, 1.82) is 0 Å². The van der Waals surface area contributed by atoms with E-state index in [0.717, 1.165) is 5.56 Å². The van der Waals surface area contributed by atoms with Gasteiger partial charge >= 0.3 is 5.97 Å². The van der Waals surface area contributed by atoms with E-state index < -0.39 is 5.97 Å². The first-order valence-corrected chi connectivity index (χ1v) is 9.56. The molecule has 0 atom stereocenters. The van der Waals surface area contributed by atoms with Gasteiger partial charge in [-0.2, -0.15) is 0 Å². The molecule has 3 aromatic carbocycles. The summed E-state index contributed by atoms with van der Waals surface area (Å²) in [6.45, 7) is 0. The van der Waals surface area contributed by atoms with E-state index in [9.17, 15) is 9.90 Å². The zero-order valence-electron chi connectivity index (χ0n) is 15.9. The van der Waals surface area contributed by atoms with Crippen LogP contribution < -0.4 is 9.47 Å². The van der Waals surface area contributed by atoms with Gasteiger partial charge in [0.25, 0.3) is 0 Å². The van der Waals surface area contributed by atoms with Crippen molar-refractivity contribution >= 4 is 47.1 Å². The Morgan fingerprint density at radius 2 is 1.70 bits per heavy atom. The summed E-state index contributed by atoms with van der Waals surface area (Å²) in [6.07, 6.45) is 4.49. The Morgan fingerprint density at radius 1 is 1.00 bits per heavy atom. The van der Waals surface area contributed by atoms with Gasteiger partial charge in [-0.3, -0.25) is 4.99 Å². The lowest BCUT2D eigenvalue weighted by Crippen LogP contribution is -2.06. The van der Waals surface area contributed by atoms with Gasteiger partial charge in [0.1, 0.15) is 5.75 Å². The van der Waals surface area contributed by atoms with E-state index in [1.807, 2.05) is 0 Å². The van der Waals surface area contributed by atoms with Crippen LogP contribution in [0.15, 0.2) is 71.7 Å². The van der Waals surface area contributed by atoms with Gasteiger partial charge in [-0.1, -0.05) is 35.3 Å². The lowest BCUT2D eigenvalue weighted by molar-refractivity contribution is -0.129. The zero-order valence-corrected chi connectivity index (χ0v) is 17.4. The number of aliphatic imine (C=N–C) groups is 1. The molecule has 0 aliphatic carbocycles. The van der Waals surface area contributed by atoms with E-state index >= 15 is 0 Å². The number of halogens is 2. The highest BCUT2D eigenvalue weighted by Crippen LogP contribution is 2.36. The molecule has 0 spiro atoms. The number of hydrogen-bond acceptors (Lipinski definition) is 5. The number of carbonyl (C=O) groups excluding carboxylic acids is 1. The van der Waals surface area contributed by atoms with Crippen LogP contribution in [0.1, 0.15) is 11.1 Å². The fraction of sp³-hybridized carbons (Fsp3) is 0.0435. The average molecular weight is 442 g/mol. The molecule has 0 aromatic heterocycles. The highest BCUT2D eigenvalue weighted by atomic mass is 35.5. The fourth-order valence-electron chi connectivity index (χ4n) is 2.47. The third-order valence-electron chi connectivity index (χ3n) is 3.95. The van der Waals surface area contributed by atoms with Gasteiger partial charge in [-0.15, -0.1) is 0 Å². The van der Waals surface area contributed by atoms with Gasteiger partial charge in [0, 0.05) is 17.3 Å². The molecular weight excluding hydrogens is 425 g/mol. The second-order valence-corrected chi connectivity index (χ2v) is 6.96. The number of benzene rings is 3. The van der Waals surface area contributed by atoms with E-state index in [-0.39, 0.29) is 16.5 Å². The lowest BCUT2D eigenvalue weighted by atomic mass is 10.2. The summed E-state index contributed by atoms with van der Waals surface area (Å²) >= 11 is 12.1. The van der Waals surface area contributed by atoms with Crippen LogP contribution in [0.25, 0.3) is 6.08 Å². The molecule has 0 unspecified atom stereocenters. The van der Waals surface area contributed by atoms with Crippen molar-refractivity contribution in [1.82, 2.24) is 0 Å². The molecule has 5 nitrogen and oxygen atoms in total. The number of phenols is 1. The van der Waals surface area contributed by atoms with Gasteiger partial charge < -0.3 is 14.6 Å². The topological polar surface area (TPSA) is 68.1 Å². The number of aromatic hydroxyl groups is 1. The maximum atomic E-state index is 12.2. The minimum absolute atomic E-state index is 0.117. The summed E-state index contributed by atoms with van der Waals surface area (Å²) in [6, 6.07) is 16.7. The van der Waals surface area contributed by atoms with Crippen molar-refractivity contribution in [2.45, 2.75) is 0 Å². The molecule has 30 heavy (non-hydrogen) atoms. The Hall–Kier alpha value is -3.28. The van der Waals surface area contributed by atoms with E-state index in [4.69, 9.17) is 32.7 Å². The second-order valence-electron chi connectivity index (χ2n) is 6.11. The lowest BCUT2D eigenvalue weighted by Gasteiger charge is -2.11. The first-order chi connectivity index (χ1) is 14.4. The van der Waals surface area contributed by atoms with E-state index in [1.165, 1.54) is 13.2 Å². The van der Waals surface area contributed by atoms with Crippen LogP contribution in [0, 0.1) is 0 Å². The number of ether oxygens (including phenoxy) is 2. The summed E-state index contributed by atoms with van der Waals surface area (Å²) in [5, 5.41) is 10.1. The molecule has 152 valence electrons. The number of hydrogen-bond donors (Lipinski definition) is 1. The largest absolute Gasteiger partial charge is 0.508 e. The van der Waals surface area contributed by atoms with Crippen LogP contribution in [-0.4, -0.2) is 24.4 Å². The first kappa shape index (κ1) is 21.4. The normalized spacial score (nSPS) is 11.2. The van der Waals surface area contributed by atoms with Crippen molar-refractivity contribution in [3.05, 3.63) is 87.9 Å². The number of methoxy groups -OCH3 is 1. The molecule has 0 heterocycles. The summed E-state index contributed by atoms with van der Waals surface area (Å²) in [5.74, 6) is -0.0276. The SMILES string of the molecule is COc1cc(/C=N/c2ccc(O)cc2)cc(Cl)c1OC(=O)C=Cc1ccc(Cl)cc1. The maximum Gasteiger partial charge on any atom is 0.336 e. The number of nitrogens with zero attached hydrogens (tertiary/aromatic N) is 1. The minimum Gasteiger partial charge on any atom is -0.508 e. The van der Waals surface area contributed by atoms with Gasteiger partial charge in [0.2, 0.25) is 0 Å². The molecule has 3 aromatic rings. The van der Waals surface area contributed by atoms with Crippen molar-refractivity contribution in [3.63, 3.8) is 0 Å². The van der Waals surface area contributed by atoms with Crippen LogP contribution in [0.4, 0.5) is 5.69 Å². The highest BCUT2D eigenvalue weighted by Gasteiger charge is 2.14. The summed E-state index contributed by atoms with van der Waals surface area (Å²) < 4.78 is 10.7. The Morgan fingerprint density at radius 3 is 2.37 bits per heavy atom. The average Bonchev–Trinajstić information content (AvgIpc) is 2.74. The van der Waals surface area contributed by atoms with Crippen molar-refractivity contribution in [2.75, 3.05) is 7.11 Å². The predicted octanol–water partition coefficient (Wildman–Crippen LogP) is 6.08. The summed E-state index contributed by atoms with van der Waals surface area (Å²) in [5.41, 5.74) is 2.11. The Balaban J connectivity index is 1.75. The molecular formula is C23H17Cl2NO4. The Bertz CT molecular complexity index is 1090. The standard InChI is InChI=1S/C23H17Cl2NO4/c1-29-21-13-16(14-26-18-7-9-19(27)10-8-18)12-20(25)23(21)30-22(28)11-4-15-2-5-17(24)6-3-15/h2-14,27H,1H3/b11-4?,26-14+. The maximum absolute atomic E-state index is 12.2. The van der Waals surface area contributed by atoms with Gasteiger partial charge in [0.15, 0.2) is 11.5 Å². The Labute approximate surface area is 183 Å². The quantitative estimate of drug-likeness (QED) is 0.218. The number of esters is 1. The molecule has 0 amide bonds. The molecule has 3 rings (SSSR count). The summed E-state index contributed by atoms with van der Waals surface area (Å²) in [7, 11) is 1.45. The van der Waals surface area contributed by atoms with Crippen molar-refractivity contribution in [3.8, 4) is 17.2 Å². The molecule has 1 N–H and O–H groups in total. The molecule has 0 bridgehead atoms. The first-order valence-electron chi connectivity index (χ1n) is 8.80.